The molecule has 1 aliphatic heterocycles. The van der Waals surface area contributed by atoms with E-state index in [1.54, 1.807) is 12.1 Å². The second-order valence-corrected chi connectivity index (χ2v) is 6.59. The van der Waals surface area contributed by atoms with Crippen LogP contribution in [-0.2, 0) is 11.2 Å². The van der Waals surface area contributed by atoms with Gasteiger partial charge in [-0.05, 0) is 35.6 Å². The predicted molar refractivity (Wildman–Crippen MR) is 104 cm³/mol. The Labute approximate surface area is 156 Å². The normalized spacial score (nSPS) is 16.7. The zero-order valence-electron chi connectivity index (χ0n) is 14.9. The third-order valence-electron chi connectivity index (χ3n) is 4.91. The highest BCUT2D eigenvalue weighted by atomic mass is 16.6. The zero-order chi connectivity index (χ0) is 19.0. The molecule has 1 saturated heterocycles. The van der Waals surface area contributed by atoms with Crippen LogP contribution < -0.4 is 10.5 Å². The number of carbonyl (C=O) groups excluding carboxylic acids is 1. The van der Waals surface area contributed by atoms with Crippen LogP contribution in [0.2, 0.25) is 0 Å². The number of pyridine rings is 1. The monoisotopic (exact) mass is 364 g/mol. The maximum atomic E-state index is 12.7. The lowest BCUT2D eigenvalue weighted by molar-refractivity contribution is 0.0963. The van der Waals surface area contributed by atoms with Gasteiger partial charge >= 0.3 is 6.09 Å². The second-order valence-electron chi connectivity index (χ2n) is 6.59. The number of aliphatic hydroxyl groups excluding tert-OH is 1. The van der Waals surface area contributed by atoms with Gasteiger partial charge in [0.25, 0.3) is 5.56 Å². The minimum Gasteiger partial charge on any atom is -0.441 e. The number of ether oxygens (including phenoxy) is 1. The van der Waals surface area contributed by atoms with Crippen LogP contribution in [0.1, 0.15) is 12.5 Å². The van der Waals surface area contributed by atoms with Gasteiger partial charge in [0.1, 0.15) is 6.10 Å². The molecule has 3 aromatic rings. The highest BCUT2D eigenvalue weighted by Crippen LogP contribution is 2.28. The first-order valence-electron chi connectivity index (χ1n) is 8.95. The molecule has 1 aromatic heterocycles. The molecule has 6 heteroatoms. The van der Waals surface area contributed by atoms with Crippen molar-refractivity contribution in [3.05, 3.63) is 64.4 Å². The Bertz CT molecular complexity index is 1070. The second kappa shape index (κ2) is 6.89. The summed E-state index contributed by atoms with van der Waals surface area (Å²) in [6, 6.07) is 15.3. The molecule has 2 N–H and O–H groups in total. The summed E-state index contributed by atoms with van der Waals surface area (Å²) in [4.78, 5) is 29.1. The van der Waals surface area contributed by atoms with Crippen molar-refractivity contribution in [1.29, 1.82) is 0 Å². The predicted octanol–water partition coefficient (Wildman–Crippen LogP) is 3.08. The standard InChI is InChI=1S/C21H20N2O4/c1-2-13-5-3-4-6-17(13)19-9-14-7-8-15(10-18(14)20(25)22-19)23-11-16(12-24)27-21(23)26/h3-10,16,24H,2,11-12H2,1H3,(H,22,25)/t16-/m0/s1. The van der Waals surface area contributed by atoms with E-state index in [-0.39, 0.29) is 18.7 Å². The molecule has 2 heterocycles. The molecule has 0 saturated carbocycles. The van der Waals surface area contributed by atoms with Crippen LogP contribution in [0.15, 0.2) is 53.3 Å². The number of fused-ring (bicyclic) bond motifs is 1. The first-order chi connectivity index (χ1) is 13.1. The lowest BCUT2D eigenvalue weighted by Crippen LogP contribution is -2.25. The summed E-state index contributed by atoms with van der Waals surface area (Å²) in [7, 11) is 0. The Morgan fingerprint density at radius 2 is 2.00 bits per heavy atom. The van der Waals surface area contributed by atoms with Gasteiger partial charge in [0.15, 0.2) is 0 Å². The van der Waals surface area contributed by atoms with Crippen LogP contribution in [0.4, 0.5) is 10.5 Å². The van der Waals surface area contributed by atoms with Crippen LogP contribution in [0.3, 0.4) is 0 Å². The van der Waals surface area contributed by atoms with Gasteiger partial charge in [0, 0.05) is 22.3 Å². The number of H-pyrrole nitrogens is 1. The summed E-state index contributed by atoms with van der Waals surface area (Å²) in [5.74, 6) is 0. The molecule has 138 valence electrons. The zero-order valence-corrected chi connectivity index (χ0v) is 14.9. The van der Waals surface area contributed by atoms with E-state index in [4.69, 9.17) is 4.74 Å². The number of aromatic nitrogens is 1. The molecule has 1 aliphatic rings. The fraction of sp³-hybridized carbons (Fsp3) is 0.238. The molecule has 0 radical (unpaired) electrons. The number of hydrogen-bond donors (Lipinski definition) is 2. The van der Waals surface area contributed by atoms with Crippen molar-refractivity contribution in [1.82, 2.24) is 4.98 Å². The van der Waals surface area contributed by atoms with E-state index in [0.717, 1.165) is 23.1 Å². The summed E-state index contributed by atoms with van der Waals surface area (Å²) in [5, 5.41) is 10.5. The maximum Gasteiger partial charge on any atom is 0.414 e. The Kier molecular flexibility index (Phi) is 4.41. The fourth-order valence-electron chi connectivity index (χ4n) is 3.48. The minimum atomic E-state index is -0.542. The van der Waals surface area contributed by atoms with Crippen molar-refractivity contribution in [2.24, 2.45) is 0 Å². The van der Waals surface area contributed by atoms with Gasteiger partial charge in [-0.2, -0.15) is 0 Å². The number of aliphatic hydroxyl groups is 1. The Balaban J connectivity index is 1.77. The maximum absolute atomic E-state index is 12.7. The summed E-state index contributed by atoms with van der Waals surface area (Å²) in [6.45, 7) is 2.12. The van der Waals surface area contributed by atoms with Crippen molar-refractivity contribution in [2.45, 2.75) is 19.4 Å². The summed E-state index contributed by atoms with van der Waals surface area (Å²) < 4.78 is 5.07. The number of nitrogens with zero attached hydrogens (tertiary/aromatic N) is 1. The quantitative estimate of drug-likeness (QED) is 0.745. The van der Waals surface area contributed by atoms with Crippen LogP contribution >= 0.6 is 0 Å². The Morgan fingerprint density at radius 1 is 1.19 bits per heavy atom. The van der Waals surface area contributed by atoms with E-state index < -0.39 is 12.2 Å². The number of hydrogen-bond acceptors (Lipinski definition) is 4. The number of carbonyl (C=O) groups is 1. The lowest BCUT2D eigenvalue weighted by atomic mass is 10.0. The highest BCUT2D eigenvalue weighted by Gasteiger charge is 2.31. The van der Waals surface area contributed by atoms with Gasteiger partial charge in [-0.15, -0.1) is 0 Å². The number of amides is 1. The molecule has 2 aromatic carbocycles. The lowest BCUT2D eigenvalue weighted by Gasteiger charge is -2.14. The Hall–Kier alpha value is -3.12. The smallest absolute Gasteiger partial charge is 0.414 e. The van der Waals surface area contributed by atoms with Gasteiger partial charge in [0.05, 0.1) is 13.2 Å². The highest BCUT2D eigenvalue weighted by molar-refractivity contribution is 5.94. The summed E-state index contributed by atoms with van der Waals surface area (Å²) in [5.41, 5.74) is 3.33. The van der Waals surface area contributed by atoms with E-state index in [1.807, 2.05) is 30.3 Å². The topological polar surface area (TPSA) is 82.6 Å². The number of rotatable bonds is 4. The van der Waals surface area contributed by atoms with Crippen molar-refractivity contribution >= 4 is 22.6 Å². The molecule has 0 unspecified atom stereocenters. The average molecular weight is 364 g/mol. The van der Waals surface area contributed by atoms with Gasteiger partial charge in [-0.3, -0.25) is 9.69 Å². The van der Waals surface area contributed by atoms with Gasteiger partial charge in [-0.25, -0.2) is 4.79 Å². The summed E-state index contributed by atoms with van der Waals surface area (Å²) in [6.07, 6.45) is -0.184. The van der Waals surface area contributed by atoms with Crippen molar-refractivity contribution in [3.63, 3.8) is 0 Å². The molecule has 6 nitrogen and oxygen atoms in total. The fourth-order valence-corrected chi connectivity index (χ4v) is 3.48. The average Bonchev–Trinajstić information content (AvgIpc) is 3.08. The number of cyclic esters (lactones) is 1. The first-order valence-corrected chi connectivity index (χ1v) is 8.95. The SMILES string of the molecule is CCc1ccccc1-c1cc2ccc(N3C[C@@H](CO)OC3=O)cc2c(=O)[nH]1. The largest absolute Gasteiger partial charge is 0.441 e. The van der Waals surface area contributed by atoms with E-state index in [0.29, 0.717) is 11.1 Å². The van der Waals surface area contributed by atoms with Crippen molar-refractivity contribution < 1.29 is 14.6 Å². The van der Waals surface area contributed by atoms with Gasteiger partial charge < -0.3 is 14.8 Å². The van der Waals surface area contributed by atoms with E-state index >= 15 is 0 Å². The van der Waals surface area contributed by atoms with Crippen LogP contribution in [0.25, 0.3) is 22.0 Å². The molecule has 1 fully saturated rings. The number of benzene rings is 2. The molecule has 0 bridgehead atoms. The minimum absolute atomic E-state index is 0.207. The van der Waals surface area contributed by atoms with Gasteiger partial charge in [0.2, 0.25) is 0 Å². The van der Waals surface area contributed by atoms with Crippen molar-refractivity contribution in [3.8, 4) is 11.3 Å². The molecule has 0 spiro atoms. The molecular formula is C21H20N2O4. The third kappa shape index (κ3) is 3.08. The van der Waals surface area contributed by atoms with E-state index in [9.17, 15) is 14.7 Å². The summed E-state index contributed by atoms with van der Waals surface area (Å²) >= 11 is 0. The molecular weight excluding hydrogens is 344 g/mol. The Morgan fingerprint density at radius 3 is 2.74 bits per heavy atom. The molecule has 27 heavy (non-hydrogen) atoms. The number of aromatic amines is 1. The van der Waals surface area contributed by atoms with Crippen LogP contribution in [0.5, 0.6) is 0 Å². The molecule has 0 aliphatic carbocycles. The van der Waals surface area contributed by atoms with Crippen LogP contribution in [0, 0.1) is 0 Å². The third-order valence-corrected chi connectivity index (χ3v) is 4.91. The van der Waals surface area contributed by atoms with Crippen molar-refractivity contribution in [2.75, 3.05) is 18.1 Å². The number of nitrogens with one attached hydrogen (secondary N) is 1. The van der Waals surface area contributed by atoms with Gasteiger partial charge in [-0.1, -0.05) is 37.3 Å². The molecule has 4 rings (SSSR count). The van der Waals surface area contributed by atoms with E-state index in [1.165, 1.54) is 10.5 Å². The van der Waals surface area contributed by atoms with E-state index in [2.05, 4.69) is 18.0 Å². The molecule has 1 atom stereocenters. The number of anilines is 1. The number of aryl methyl sites for hydroxylation is 1. The first kappa shape index (κ1) is 17.3. The molecule has 1 amide bonds. The van der Waals surface area contributed by atoms with Crippen LogP contribution in [-0.4, -0.2) is 35.4 Å².